The van der Waals surface area contributed by atoms with Crippen molar-refractivity contribution in [3.05, 3.63) is 23.5 Å². The lowest BCUT2D eigenvalue weighted by molar-refractivity contribution is -0.00812. The first-order valence-corrected chi connectivity index (χ1v) is 8.39. The minimum atomic E-state index is 0.199. The van der Waals surface area contributed by atoms with Gasteiger partial charge in [0.1, 0.15) is 0 Å². The monoisotopic (exact) mass is 308 g/mol. The fourth-order valence-corrected chi connectivity index (χ4v) is 3.74. The average molecular weight is 308 g/mol. The van der Waals surface area contributed by atoms with E-state index in [2.05, 4.69) is 52.2 Å². The van der Waals surface area contributed by atoms with Crippen LogP contribution in [-0.4, -0.2) is 53.7 Å². The Hall–Kier alpha value is -0.950. The molecule has 2 aromatic rings. The smallest absolute Gasteiger partial charge is 0.193 e. The quantitative estimate of drug-likeness (QED) is 0.919. The van der Waals surface area contributed by atoms with Crippen molar-refractivity contribution in [1.82, 2.24) is 19.6 Å². The van der Waals surface area contributed by atoms with Crippen LogP contribution in [0.1, 0.15) is 31.5 Å². The minimum absolute atomic E-state index is 0.199. The maximum atomic E-state index is 5.53. The summed E-state index contributed by atoms with van der Waals surface area (Å²) in [6.07, 6.45) is 6.24. The second-order valence-corrected chi connectivity index (χ2v) is 6.95. The molecule has 116 valence electrons. The molecule has 0 spiro atoms. The molecule has 3 rings (SSSR count). The van der Waals surface area contributed by atoms with Crippen LogP contribution in [0.15, 0.2) is 17.8 Å². The Labute approximate surface area is 129 Å². The van der Waals surface area contributed by atoms with E-state index in [1.807, 2.05) is 6.20 Å². The highest BCUT2D eigenvalue weighted by molar-refractivity contribution is 7.15. The zero-order valence-corrected chi connectivity index (χ0v) is 13.8. The Morgan fingerprint density at radius 1 is 1.48 bits per heavy atom. The lowest BCUT2D eigenvalue weighted by Gasteiger charge is -2.43. The van der Waals surface area contributed by atoms with Crippen LogP contribution < -0.4 is 5.32 Å². The molecule has 0 radical (unpaired) electrons. The first-order valence-electron chi connectivity index (χ1n) is 7.51. The molecule has 1 unspecified atom stereocenters. The Bertz CT molecular complexity index is 585. The summed E-state index contributed by atoms with van der Waals surface area (Å²) >= 11 is 1.68. The molecule has 6 heteroatoms. The standard InChI is InChI=1S/C15H24N4OS/c1-12(13-10-16-14-19(13)6-9-21-14)17-11-15(18(2)3)4-7-20-8-5-15/h6,9-10,12,17H,4-5,7-8,11H2,1-3H3. The number of hydrogen-bond acceptors (Lipinski definition) is 5. The molecule has 21 heavy (non-hydrogen) atoms. The van der Waals surface area contributed by atoms with E-state index in [1.165, 1.54) is 5.69 Å². The Kier molecular flexibility index (Phi) is 4.31. The summed E-state index contributed by atoms with van der Waals surface area (Å²) in [5.74, 6) is 0. The highest BCUT2D eigenvalue weighted by Gasteiger charge is 2.35. The summed E-state index contributed by atoms with van der Waals surface area (Å²) in [5, 5.41) is 5.79. The largest absolute Gasteiger partial charge is 0.381 e. The van der Waals surface area contributed by atoms with E-state index < -0.39 is 0 Å². The molecular weight excluding hydrogens is 284 g/mol. The van der Waals surface area contributed by atoms with E-state index in [9.17, 15) is 0 Å². The van der Waals surface area contributed by atoms with E-state index in [4.69, 9.17) is 4.74 Å². The molecule has 2 aromatic heterocycles. The van der Waals surface area contributed by atoms with Gasteiger partial charge in [0.2, 0.25) is 0 Å². The second kappa shape index (κ2) is 6.04. The molecule has 1 atom stereocenters. The van der Waals surface area contributed by atoms with Gasteiger partial charge in [0.15, 0.2) is 4.96 Å². The molecule has 0 amide bonds. The molecule has 0 bridgehead atoms. The Morgan fingerprint density at radius 3 is 2.95 bits per heavy atom. The zero-order chi connectivity index (χ0) is 14.9. The van der Waals surface area contributed by atoms with Gasteiger partial charge >= 0.3 is 0 Å². The molecule has 0 saturated carbocycles. The average Bonchev–Trinajstić information content (AvgIpc) is 3.08. The molecule has 0 aromatic carbocycles. The summed E-state index contributed by atoms with van der Waals surface area (Å²) in [6.45, 7) is 4.90. The van der Waals surface area contributed by atoms with Gasteiger partial charge in [-0.15, -0.1) is 11.3 Å². The van der Waals surface area contributed by atoms with Crippen LogP contribution in [0.25, 0.3) is 4.96 Å². The highest BCUT2D eigenvalue weighted by atomic mass is 32.1. The SMILES string of the molecule is CC(NCC1(N(C)C)CCOCC1)c1cnc2sccn12. The van der Waals surface area contributed by atoms with Crippen molar-refractivity contribution in [1.29, 1.82) is 0 Å². The summed E-state index contributed by atoms with van der Waals surface area (Å²) in [6, 6.07) is 0.286. The highest BCUT2D eigenvalue weighted by Crippen LogP contribution is 2.26. The van der Waals surface area contributed by atoms with Crippen molar-refractivity contribution in [2.24, 2.45) is 0 Å². The Morgan fingerprint density at radius 2 is 2.24 bits per heavy atom. The molecule has 0 aliphatic carbocycles. The molecule has 1 saturated heterocycles. The lowest BCUT2D eigenvalue weighted by atomic mass is 9.88. The maximum Gasteiger partial charge on any atom is 0.193 e. The molecule has 5 nitrogen and oxygen atoms in total. The number of imidazole rings is 1. The third kappa shape index (κ3) is 2.85. The number of rotatable bonds is 5. The van der Waals surface area contributed by atoms with Crippen molar-refractivity contribution in [3.63, 3.8) is 0 Å². The van der Waals surface area contributed by atoms with E-state index in [0.29, 0.717) is 0 Å². The summed E-state index contributed by atoms with van der Waals surface area (Å²) in [7, 11) is 4.35. The summed E-state index contributed by atoms with van der Waals surface area (Å²) in [5.41, 5.74) is 1.43. The van der Waals surface area contributed by atoms with Crippen molar-refractivity contribution in [3.8, 4) is 0 Å². The lowest BCUT2D eigenvalue weighted by Crippen LogP contribution is -2.55. The second-order valence-electron chi connectivity index (χ2n) is 6.07. The van der Waals surface area contributed by atoms with Crippen LogP contribution in [0.2, 0.25) is 0 Å². The Balaban J connectivity index is 1.69. The van der Waals surface area contributed by atoms with Crippen LogP contribution >= 0.6 is 11.3 Å². The number of nitrogens with zero attached hydrogens (tertiary/aromatic N) is 3. The normalized spacial score (nSPS) is 20.2. The van der Waals surface area contributed by atoms with Crippen molar-refractivity contribution < 1.29 is 4.74 Å². The number of fused-ring (bicyclic) bond motifs is 1. The zero-order valence-electron chi connectivity index (χ0n) is 13.0. The van der Waals surface area contributed by atoms with E-state index in [1.54, 1.807) is 11.3 Å². The number of thiazole rings is 1. The first-order chi connectivity index (χ1) is 10.1. The van der Waals surface area contributed by atoms with Crippen LogP contribution in [0.4, 0.5) is 0 Å². The van der Waals surface area contributed by atoms with Gasteiger partial charge in [0, 0.05) is 42.9 Å². The van der Waals surface area contributed by atoms with Gasteiger partial charge in [-0.1, -0.05) is 0 Å². The number of nitrogens with one attached hydrogen (secondary N) is 1. The van der Waals surface area contributed by atoms with Crippen molar-refractivity contribution in [2.75, 3.05) is 33.9 Å². The van der Waals surface area contributed by atoms with E-state index in [0.717, 1.165) is 37.6 Å². The van der Waals surface area contributed by atoms with Crippen LogP contribution in [-0.2, 0) is 4.74 Å². The van der Waals surface area contributed by atoms with Gasteiger partial charge < -0.3 is 15.0 Å². The molecule has 1 N–H and O–H groups in total. The minimum Gasteiger partial charge on any atom is -0.381 e. The van der Waals surface area contributed by atoms with Gasteiger partial charge in [-0.2, -0.15) is 0 Å². The summed E-state index contributed by atoms with van der Waals surface area (Å²) < 4.78 is 7.71. The molecule has 1 fully saturated rings. The van der Waals surface area contributed by atoms with Crippen LogP contribution in [0, 0.1) is 0 Å². The van der Waals surface area contributed by atoms with Gasteiger partial charge in [0.25, 0.3) is 0 Å². The molecule has 3 heterocycles. The maximum absolute atomic E-state index is 5.53. The molecular formula is C15H24N4OS. The predicted molar refractivity (Wildman–Crippen MR) is 86.0 cm³/mol. The number of ether oxygens (including phenoxy) is 1. The molecule has 1 aliphatic heterocycles. The fraction of sp³-hybridized carbons (Fsp3) is 0.667. The number of likely N-dealkylation sites (N-methyl/N-ethyl adjacent to an activating group) is 1. The first kappa shape index (κ1) is 15.0. The predicted octanol–water partition coefficient (Wildman–Crippen LogP) is 2.16. The third-order valence-electron chi connectivity index (χ3n) is 4.73. The van der Waals surface area contributed by atoms with Crippen molar-refractivity contribution in [2.45, 2.75) is 31.3 Å². The van der Waals surface area contributed by atoms with Gasteiger partial charge in [0.05, 0.1) is 11.9 Å². The summed E-state index contributed by atoms with van der Waals surface area (Å²) in [4.78, 5) is 7.87. The number of hydrogen-bond donors (Lipinski definition) is 1. The third-order valence-corrected chi connectivity index (χ3v) is 5.50. The van der Waals surface area contributed by atoms with Gasteiger partial charge in [-0.25, -0.2) is 4.98 Å². The fourth-order valence-electron chi connectivity index (χ4n) is 3.05. The van der Waals surface area contributed by atoms with Crippen LogP contribution in [0.5, 0.6) is 0 Å². The van der Waals surface area contributed by atoms with Gasteiger partial charge in [-0.3, -0.25) is 4.40 Å². The van der Waals surface area contributed by atoms with E-state index >= 15 is 0 Å². The van der Waals surface area contributed by atoms with Crippen LogP contribution in [0.3, 0.4) is 0 Å². The molecule has 1 aliphatic rings. The topological polar surface area (TPSA) is 41.8 Å². The van der Waals surface area contributed by atoms with Gasteiger partial charge in [-0.05, 0) is 33.9 Å². The number of aromatic nitrogens is 2. The van der Waals surface area contributed by atoms with Crippen molar-refractivity contribution >= 4 is 16.3 Å². The van der Waals surface area contributed by atoms with E-state index in [-0.39, 0.29) is 11.6 Å².